The number of anilines is 1. The van der Waals surface area contributed by atoms with Gasteiger partial charge in [0.25, 0.3) is 10.0 Å². The fourth-order valence-electron chi connectivity index (χ4n) is 2.61. The first-order chi connectivity index (χ1) is 10.9. The fourth-order valence-corrected chi connectivity index (χ4v) is 4.04. The molecule has 0 unspecified atom stereocenters. The average molecular weight is 328 g/mol. The number of aromatic amines is 1. The summed E-state index contributed by atoms with van der Waals surface area (Å²) in [6.45, 7) is 1.76. The van der Waals surface area contributed by atoms with Gasteiger partial charge in [-0.25, -0.2) is 8.42 Å². The summed E-state index contributed by atoms with van der Waals surface area (Å²) in [7, 11) is -2.17. The molecule has 5 nitrogen and oxygen atoms in total. The zero-order valence-corrected chi connectivity index (χ0v) is 13.6. The molecular formula is C17H16N2O3S. The first-order valence-corrected chi connectivity index (χ1v) is 8.50. The van der Waals surface area contributed by atoms with E-state index in [-0.39, 0.29) is 4.90 Å². The topological polar surface area (TPSA) is 70.2 Å². The minimum Gasteiger partial charge on any atom is -0.351 e. The molecule has 0 fully saturated rings. The second kappa shape index (κ2) is 5.55. The molecule has 1 N–H and O–H groups in total. The predicted octanol–water partition coefficient (Wildman–Crippen LogP) is 3.11. The Bertz CT molecular complexity index is 990. The lowest BCUT2D eigenvalue weighted by Gasteiger charge is -2.21. The molecule has 0 amide bonds. The molecule has 2 aromatic carbocycles. The van der Waals surface area contributed by atoms with E-state index >= 15 is 0 Å². The van der Waals surface area contributed by atoms with E-state index in [2.05, 4.69) is 4.98 Å². The van der Waals surface area contributed by atoms with Gasteiger partial charge in [-0.05, 0) is 30.7 Å². The third kappa shape index (κ3) is 2.51. The highest BCUT2D eigenvalue weighted by molar-refractivity contribution is 7.92. The molecule has 1 heterocycles. The molecule has 6 heteroatoms. The van der Waals surface area contributed by atoms with Gasteiger partial charge in [0, 0.05) is 12.4 Å². The number of hydrogen-bond acceptors (Lipinski definition) is 3. The summed E-state index contributed by atoms with van der Waals surface area (Å²) in [5.74, 6) is 0. The number of benzene rings is 2. The van der Waals surface area contributed by atoms with Gasteiger partial charge in [-0.2, -0.15) is 0 Å². The lowest BCUT2D eigenvalue weighted by atomic mass is 10.2. The van der Waals surface area contributed by atoms with E-state index in [1.54, 1.807) is 49.4 Å². The number of fused-ring (bicyclic) bond motifs is 1. The van der Waals surface area contributed by atoms with Crippen molar-refractivity contribution >= 4 is 32.9 Å². The summed E-state index contributed by atoms with van der Waals surface area (Å²) >= 11 is 0. The Balaban J connectivity index is 2.17. The number of H-pyrrole nitrogens is 1. The van der Waals surface area contributed by atoms with Crippen molar-refractivity contribution in [2.75, 3.05) is 11.4 Å². The summed E-state index contributed by atoms with van der Waals surface area (Å²) in [5, 5.41) is 0.788. The van der Waals surface area contributed by atoms with Gasteiger partial charge in [-0.3, -0.25) is 9.10 Å². The third-order valence-electron chi connectivity index (χ3n) is 3.85. The van der Waals surface area contributed by atoms with Crippen LogP contribution >= 0.6 is 0 Å². The highest BCUT2D eigenvalue weighted by atomic mass is 32.2. The largest absolute Gasteiger partial charge is 0.351 e. The van der Waals surface area contributed by atoms with Gasteiger partial charge in [0.2, 0.25) is 0 Å². The van der Waals surface area contributed by atoms with Crippen molar-refractivity contribution in [2.24, 2.45) is 0 Å². The van der Waals surface area contributed by atoms with Gasteiger partial charge in [0.05, 0.1) is 21.8 Å². The van der Waals surface area contributed by atoms with E-state index < -0.39 is 10.0 Å². The molecule has 0 bridgehead atoms. The van der Waals surface area contributed by atoms with Crippen LogP contribution in [0.4, 0.5) is 5.69 Å². The number of para-hydroxylation sites is 1. The zero-order chi connectivity index (χ0) is 16.6. The highest BCUT2D eigenvalue weighted by Gasteiger charge is 2.24. The normalized spacial score (nSPS) is 11.6. The van der Waals surface area contributed by atoms with Crippen LogP contribution in [0, 0.1) is 6.92 Å². The van der Waals surface area contributed by atoms with E-state index in [0.29, 0.717) is 28.7 Å². The molecule has 0 radical (unpaired) electrons. The monoisotopic (exact) mass is 328 g/mol. The quantitative estimate of drug-likeness (QED) is 0.748. The van der Waals surface area contributed by atoms with E-state index in [1.807, 2.05) is 6.07 Å². The van der Waals surface area contributed by atoms with Crippen LogP contribution < -0.4 is 4.31 Å². The SMILES string of the molecule is Cc1ccccc1S(=O)(=O)N(C)c1cccc2cc(C=O)[nH]c12. The van der Waals surface area contributed by atoms with E-state index in [1.165, 1.54) is 11.4 Å². The van der Waals surface area contributed by atoms with Crippen LogP contribution in [0.5, 0.6) is 0 Å². The molecule has 0 saturated carbocycles. The van der Waals surface area contributed by atoms with E-state index in [4.69, 9.17) is 0 Å². The number of aldehydes is 1. The molecule has 3 rings (SSSR count). The van der Waals surface area contributed by atoms with Crippen LogP contribution in [0.1, 0.15) is 16.1 Å². The Morgan fingerprint density at radius 3 is 2.52 bits per heavy atom. The zero-order valence-electron chi connectivity index (χ0n) is 12.8. The van der Waals surface area contributed by atoms with E-state index in [9.17, 15) is 13.2 Å². The number of nitrogens with zero attached hydrogens (tertiary/aromatic N) is 1. The number of nitrogens with one attached hydrogen (secondary N) is 1. The Hall–Kier alpha value is -2.60. The number of sulfonamides is 1. The number of carbonyl (C=O) groups is 1. The van der Waals surface area contributed by atoms with Crippen molar-refractivity contribution in [3.8, 4) is 0 Å². The van der Waals surface area contributed by atoms with Crippen molar-refractivity contribution in [2.45, 2.75) is 11.8 Å². The van der Waals surface area contributed by atoms with Crippen molar-refractivity contribution in [1.82, 2.24) is 4.98 Å². The minimum absolute atomic E-state index is 0.265. The van der Waals surface area contributed by atoms with Crippen LogP contribution in [0.3, 0.4) is 0 Å². The molecule has 0 saturated heterocycles. The van der Waals surface area contributed by atoms with Gasteiger partial charge in [-0.15, -0.1) is 0 Å². The number of carbonyl (C=O) groups excluding carboxylic acids is 1. The van der Waals surface area contributed by atoms with Gasteiger partial charge in [0.15, 0.2) is 6.29 Å². The second-order valence-corrected chi connectivity index (χ2v) is 7.26. The lowest BCUT2D eigenvalue weighted by molar-refractivity contribution is 0.112. The van der Waals surface area contributed by atoms with Gasteiger partial charge in [-0.1, -0.05) is 30.3 Å². The van der Waals surface area contributed by atoms with Crippen LogP contribution in [0.15, 0.2) is 53.4 Å². The molecule has 3 aromatic rings. The molecule has 0 spiro atoms. The maximum absolute atomic E-state index is 12.9. The molecule has 0 aliphatic rings. The highest BCUT2D eigenvalue weighted by Crippen LogP contribution is 2.30. The Morgan fingerprint density at radius 2 is 1.83 bits per heavy atom. The summed E-state index contributed by atoms with van der Waals surface area (Å²) < 4.78 is 27.1. The van der Waals surface area contributed by atoms with Crippen LogP contribution in [-0.2, 0) is 10.0 Å². The number of aryl methyl sites for hydroxylation is 1. The first kappa shape index (κ1) is 15.3. The Kier molecular flexibility index (Phi) is 3.69. The molecule has 0 atom stereocenters. The van der Waals surface area contributed by atoms with Crippen molar-refractivity contribution < 1.29 is 13.2 Å². The van der Waals surface area contributed by atoms with Crippen molar-refractivity contribution in [1.29, 1.82) is 0 Å². The fraction of sp³-hybridized carbons (Fsp3) is 0.118. The average Bonchev–Trinajstić information content (AvgIpc) is 2.97. The predicted molar refractivity (Wildman–Crippen MR) is 90.5 cm³/mol. The number of rotatable bonds is 4. The molecule has 23 heavy (non-hydrogen) atoms. The number of hydrogen-bond donors (Lipinski definition) is 1. The molecule has 118 valence electrons. The number of aromatic nitrogens is 1. The van der Waals surface area contributed by atoms with Gasteiger partial charge < -0.3 is 4.98 Å². The summed E-state index contributed by atoms with van der Waals surface area (Å²) in [6, 6.07) is 13.9. The van der Waals surface area contributed by atoms with Crippen LogP contribution in [0.25, 0.3) is 10.9 Å². The maximum atomic E-state index is 12.9. The molecule has 0 aliphatic heterocycles. The summed E-state index contributed by atoms with van der Waals surface area (Å²) in [6.07, 6.45) is 0.708. The smallest absolute Gasteiger partial charge is 0.264 e. The van der Waals surface area contributed by atoms with Gasteiger partial charge >= 0.3 is 0 Å². The second-order valence-electron chi connectivity index (χ2n) is 5.32. The molecular weight excluding hydrogens is 312 g/mol. The van der Waals surface area contributed by atoms with Crippen LogP contribution in [0.2, 0.25) is 0 Å². The lowest BCUT2D eigenvalue weighted by Crippen LogP contribution is -2.27. The Morgan fingerprint density at radius 1 is 1.09 bits per heavy atom. The first-order valence-electron chi connectivity index (χ1n) is 7.06. The molecule has 1 aromatic heterocycles. The van der Waals surface area contributed by atoms with Gasteiger partial charge in [0.1, 0.15) is 0 Å². The third-order valence-corrected chi connectivity index (χ3v) is 5.78. The van der Waals surface area contributed by atoms with Crippen molar-refractivity contribution in [3.05, 3.63) is 59.8 Å². The van der Waals surface area contributed by atoms with Crippen molar-refractivity contribution in [3.63, 3.8) is 0 Å². The standard InChI is InChI=1S/C17H16N2O3S/c1-12-6-3-4-9-16(12)23(21,22)19(2)15-8-5-7-13-10-14(11-20)18-17(13)15/h3-11,18H,1-2H3. The van der Waals surface area contributed by atoms with Crippen LogP contribution in [-0.4, -0.2) is 26.7 Å². The molecule has 0 aliphatic carbocycles. The summed E-state index contributed by atoms with van der Waals surface area (Å²) in [5.41, 5.74) is 2.22. The maximum Gasteiger partial charge on any atom is 0.264 e. The Labute approximate surface area is 134 Å². The van der Waals surface area contributed by atoms with E-state index in [0.717, 1.165) is 5.39 Å². The minimum atomic E-state index is -3.69. The summed E-state index contributed by atoms with van der Waals surface area (Å²) in [4.78, 5) is 14.2.